The minimum atomic E-state index is -0.228. The van der Waals surface area contributed by atoms with E-state index in [1.165, 1.54) is 0 Å². The fraction of sp³-hybridized carbons (Fsp3) is 0.640. The molecule has 1 heterocycles. The first-order chi connectivity index (χ1) is 15.7. The second kappa shape index (κ2) is 11.0. The van der Waals surface area contributed by atoms with Gasteiger partial charge >= 0.3 is 0 Å². The maximum absolute atomic E-state index is 13.3. The minimum Gasteiger partial charge on any atom is -0.491 e. The summed E-state index contributed by atoms with van der Waals surface area (Å²) >= 11 is 0. The molecule has 1 N–H and O–H groups in total. The van der Waals surface area contributed by atoms with E-state index in [1.54, 1.807) is 44.2 Å². The summed E-state index contributed by atoms with van der Waals surface area (Å²) in [5.74, 6) is 0.782. The van der Waals surface area contributed by atoms with Crippen molar-refractivity contribution in [2.75, 3.05) is 39.2 Å². The van der Waals surface area contributed by atoms with Gasteiger partial charge in [0.2, 0.25) is 11.8 Å². The monoisotopic (exact) mass is 459 g/mol. The molecule has 182 valence electrons. The van der Waals surface area contributed by atoms with Crippen LogP contribution in [0.15, 0.2) is 18.2 Å². The van der Waals surface area contributed by atoms with E-state index < -0.39 is 0 Å². The molecule has 0 spiro atoms. The number of hydrogen-bond donors (Lipinski definition) is 1. The maximum atomic E-state index is 13.3. The number of amides is 3. The number of ether oxygens (including phenoxy) is 2. The highest BCUT2D eigenvalue weighted by Crippen LogP contribution is 2.33. The Balaban J connectivity index is 1.92. The first-order valence-corrected chi connectivity index (χ1v) is 11.9. The second-order valence-electron chi connectivity index (χ2n) is 9.40. The Morgan fingerprint density at radius 1 is 1.21 bits per heavy atom. The normalized spacial score (nSPS) is 24.3. The quantitative estimate of drug-likeness (QED) is 0.731. The fourth-order valence-corrected chi connectivity index (χ4v) is 4.14. The van der Waals surface area contributed by atoms with Crippen molar-refractivity contribution in [3.8, 4) is 5.75 Å². The summed E-state index contributed by atoms with van der Waals surface area (Å²) in [5.41, 5.74) is 0.918. The zero-order valence-corrected chi connectivity index (χ0v) is 20.4. The van der Waals surface area contributed by atoms with Gasteiger partial charge in [-0.05, 0) is 43.9 Å². The molecule has 2 aliphatic rings. The Labute approximate surface area is 196 Å². The Kier molecular flexibility index (Phi) is 8.35. The van der Waals surface area contributed by atoms with Crippen LogP contribution in [0.25, 0.3) is 0 Å². The zero-order valence-electron chi connectivity index (χ0n) is 20.4. The van der Waals surface area contributed by atoms with Gasteiger partial charge in [0.15, 0.2) is 0 Å². The van der Waals surface area contributed by atoms with Crippen molar-refractivity contribution in [2.45, 2.75) is 58.6 Å². The number of carbonyl (C=O) groups excluding carboxylic acids is 3. The molecule has 3 amide bonds. The lowest BCUT2D eigenvalue weighted by Crippen LogP contribution is -2.48. The fourth-order valence-electron chi connectivity index (χ4n) is 4.14. The summed E-state index contributed by atoms with van der Waals surface area (Å²) in [5, 5.41) is 2.80. The third-order valence-electron chi connectivity index (χ3n) is 6.53. The summed E-state index contributed by atoms with van der Waals surface area (Å²) in [6, 6.07) is 4.93. The summed E-state index contributed by atoms with van der Waals surface area (Å²) < 4.78 is 11.8. The molecule has 0 unspecified atom stereocenters. The predicted octanol–water partition coefficient (Wildman–Crippen LogP) is 3.17. The van der Waals surface area contributed by atoms with Gasteiger partial charge in [-0.15, -0.1) is 0 Å². The van der Waals surface area contributed by atoms with Crippen LogP contribution in [-0.4, -0.2) is 73.5 Å². The van der Waals surface area contributed by atoms with Crippen LogP contribution in [0.3, 0.4) is 0 Å². The molecule has 1 aliphatic heterocycles. The van der Waals surface area contributed by atoms with E-state index in [0.717, 1.165) is 12.8 Å². The molecule has 1 fully saturated rings. The summed E-state index contributed by atoms with van der Waals surface area (Å²) in [4.78, 5) is 41.8. The van der Waals surface area contributed by atoms with Gasteiger partial charge in [-0.3, -0.25) is 14.4 Å². The standard InChI is InChI=1S/C25H37N3O5/c1-6-23(29)26-19-9-10-21-20(12-19)25(31)27(4)14-22(32-5)16(2)13-28(17(3)15-33-21)24(30)11-18-7-8-18/h9-10,12,16-18,22H,6-8,11,13-15H2,1-5H3,(H,26,29)/t16-,17+,22-/m1/s1. The highest BCUT2D eigenvalue weighted by Gasteiger charge is 2.33. The molecule has 1 saturated carbocycles. The van der Waals surface area contributed by atoms with Crippen molar-refractivity contribution in [3.05, 3.63) is 23.8 Å². The molecule has 0 aromatic heterocycles. The van der Waals surface area contributed by atoms with Crippen LogP contribution in [0.1, 0.15) is 56.8 Å². The van der Waals surface area contributed by atoms with Crippen molar-refractivity contribution in [3.63, 3.8) is 0 Å². The molecule has 1 aliphatic carbocycles. The molecule has 1 aromatic carbocycles. The number of nitrogens with zero attached hydrogens (tertiary/aromatic N) is 2. The van der Waals surface area contributed by atoms with Crippen molar-refractivity contribution >= 4 is 23.4 Å². The van der Waals surface area contributed by atoms with Gasteiger partial charge in [-0.25, -0.2) is 0 Å². The van der Waals surface area contributed by atoms with Crippen LogP contribution < -0.4 is 10.1 Å². The molecule has 3 rings (SSSR count). The second-order valence-corrected chi connectivity index (χ2v) is 9.40. The summed E-state index contributed by atoms with van der Waals surface area (Å²) in [6.07, 6.45) is 2.94. The largest absolute Gasteiger partial charge is 0.491 e. The summed E-state index contributed by atoms with van der Waals surface area (Å²) in [6.45, 7) is 7.00. The molecule has 33 heavy (non-hydrogen) atoms. The van der Waals surface area contributed by atoms with Gasteiger partial charge in [-0.2, -0.15) is 0 Å². The Bertz CT molecular complexity index is 870. The van der Waals surface area contributed by atoms with E-state index in [1.807, 2.05) is 11.8 Å². The minimum absolute atomic E-state index is 0.0323. The number of methoxy groups -OCH3 is 1. The first-order valence-electron chi connectivity index (χ1n) is 11.9. The van der Waals surface area contributed by atoms with E-state index >= 15 is 0 Å². The van der Waals surface area contributed by atoms with Crippen LogP contribution in [-0.2, 0) is 14.3 Å². The van der Waals surface area contributed by atoms with Crippen LogP contribution in [0.2, 0.25) is 0 Å². The molecule has 3 atom stereocenters. The van der Waals surface area contributed by atoms with Gasteiger partial charge in [0.05, 0.1) is 17.7 Å². The van der Waals surface area contributed by atoms with Crippen LogP contribution in [0.4, 0.5) is 5.69 Å². The number of likely N-dealkylation sites (N-methyl/N-ethyl adjacent to an activating group) is 1. The van der Waals surface area contributed by atoms with Gasteiger partial charge < -0.3 is 24.6 Å². The van der Waals surface area contributed by atoms with Gasteiger partial charge in [0, 0.05) is 51.7 Å². The van der Waals surface area contributed by atoms with E-state index in [9.17, 15) is 14.4 Å². The lowest BCUT2D eigenvalue weighted by molar-refractivity contribution is -0.135. The number of fused-ring (bicyclic) bond motifs is 1. The summed E-state index contributed by atoms with van der Waals surface area (Å²) in [7, 11) is 3.37. The number of carbonyl (C=O) groups is 3. The smallest absolute Gasteiger partial charge is 0.257 e. The third kappa shape index (κ3) is 6.47. The zero-order chi connectivity index (χ0) is 24.1. The molecule has 0 bridgehead atoms. The van der Waals surface area contributed by atoms with E-state index in [-0.39, 0.29) is 42.4 Å². The maximum Gasteiger partial charge on any atom is 0.257 e. The number of benzene rings is 1. The number of rotatable bonds is 5. The molecule has 1 aromatic rings. The van der Waals surface area contributed by atoms with E-state index in [2.05, 4.69) is 12.2 Å². The number of hydrogen-bond acceptors (Lipinski definition) is 5. The lowest BCUT2D eigenvalue weighted by atomic mass is 10.0. The van der Waals surface area contributed by atoms with E-state index in [4.69, 9.17) is 9.47 Å². The highest BCUT2D eigenvalue weighted by molar-refractivity contribution is 5.99. The molecule has 8 heteroatoms. The molecular weight excluding hydrogens is 422 g/mol. The topological polar surface area (TPSA) is 88.2 Å². The number of anilines is 1. The van der Waals surface area contributed by atoms with Crippen LogP contribution in [0, 0.1) is 11.8 Å². The molecule has 8 nitrogen and oxygen atoms in total. The van der Waals surface area contributed by atoms with E-state index in [0.29, 0.717) is 48.8 Å². The van der Waals surface area contributed by atoms with Crippen LogP contribution >= 0.6 is 0 Å². The van der Waals surface area contributed by atoms with Gasteiger partial charge in [0.1, 0.15) is 12.4 Å². The molecule has 0 radical (unpaired) electrons. The molecular formula is C25H37N3O5. The Morgan fingerprint density at radius 3 is 2.58 bits per heavy atom. The predicted molar refractivity (Wildman–Crippen MR) is 126 cm³/mol. The average Bonchev–Trinajstić information content (AvgIpc) is 3.62. The highest BCUT2D eigenvalue weighted by atomic mass is 16.5. The third-order valence-corrected chi connectivity index (χ3v) is 6.53. The first kappa shape index (κ1) is 25.0. The van der Waals surface area contributed by atoms with Crippen molar-refractivity contribution in [2.24, 2.45) is 11.8 Å². The molecule has 0 saturated heterocycles. The lowest BCUT2D eigenvalue weighted by Gasteiger charge is -2.36. The van der Waals surface area contributed by atoms with Crippen molar-refractivity contribution in [1.29, 1.82) is 0 Å². The van der Waals surface area contributed by atoms with Crippen molar-refractivity contribution in [1.82, 2.24) is 9.80 Å². The van der Waals surface area contributed by atoms with Crippen molar-refractivity contribution < 1.29 is 23.9 Å². The SMILES string of the molecule is CCC(=O)Nc1ccc2c(c1)C(=O)N(C)C[C@@H](OC)[C@H](C)CN(C(=O)CC1CC1)[C@@H](C)CO2. The Morgan fingerprint density at radius 2 is 1.94 bits per heavy atom. The average molecular weight is 460 g/mol. The van der Waals surface area contributed by atoms with Gasteiger partial charge in [-0.1, -0.05) is 13.8 Å². The van der Waals surface area contributed by atoms with Crippen LogP contribution in [0.5, 0.6) is 5.75 Å². The Hall–Kier alpha value is -2.61. The van der Waals surface area contributed by atoms with Gasteiger partial charge in [0.25, 0.3) is 5.91 Å². The number of nitrogens with one attached hydrogen (secondary N) is 1.